The second kappa shape index (κ2) is 5.53. The van der Waals surface area contributed by atoms with Crippen LogP contribution in [-0.4, -0.2) is 19.3 Å². The third kappa shape index (κ3) is 2.76. The van der Waals surface area contributed by atoms with E-state index in [9.17, 15) is 5.11 Å². The summed E-state index contributed by atoms with van der Waals surface area (Å²) in [6.45, 7) is 0. The highest BCUT2D eigenvalue weighted by molar-refractivity contribution is 5.41. The molecule has 2 aliphatic rings. The summed E-state index contributed by atoms with van der Waals surface area (Å²) in [5.41, 5.74) is 0.733. The van der Waals surface area contributed by atoms with Crippen molar-refractivity contribution >= 4 is 0 Å². The van der Waals surface area contributed by atoms with Gasteiger partial charge in [-0.3, -0.25) is 0 Å². The lowest BCUT2D eigenvalue weighted by molar-refractivity contribution is -0.0378. The normalized spacial score (nSPS) is 23.2. The van der Waals surface area contributed by atoms with Crippen molar-refractivity contribution in [1.29, 1.82) is 0 Å². The largest absolute Gasteiger partial charge is 0.497 e. The molecule has 0 aromatic heterocycles. The third-order valence-electron chi connectivity index (χ3n) is 5.69. The Morgan fingerprint density at radius 3 is 1.81 bits per heavy atom. The van der Waals surface area contributed by atoms with Gasteiger partial charge in [0, 0.05) is 6.07 Å². The lowest BCUT2D eigenvalue weighted by Gasteiger charge is -2.42. The predicted molar refractivity (Wildman–Crippen MR) is 82.8 cm³/mol. The van der Waals surface area contributed by atoms with Gasteiger partial charge in [-0.25, -0.2) is 0 Å². The first kappa shape index (κ1) is 14.7. The number of ether oxygens (including phenoxy) is 2. The molecule has 1 aromatic carbocycles. The third-order valence-corrected chi connectivity index (χ3v) is 5.69. The maximum absolute atomic E-state index is 11.1. The minimum atomic E-state index is -0.727. The average molecular weight is 290 g/mol. The number of methoxy groups -OCH3 is 2. The van der Waals surface area contributed by atoms with Crippen LogP contribution < -0.4 is 9.47 Å². The zero-order valence-corrected chi connectivity index (χ0v) is 13.2. The number of hydrogen-bond donors (Lipinski definition) is 1. The van der Waals surface area contributed by atoms with E-state index >= 15 is 0 Å². The van der Waals surface area contributed by atoms with Crippen molar-refractivity contribution in [3.63, 3.8) is 0 Å². The molecule has 3 rings (SSSR count). The molecule has 1 spiro atoms. The molecular weight excluding hydrogens is 264 g/mol. The van der Waals surface area contributed by atoms with E-state index in [1.165, 1.54) is 25.7 Å². The molecule has 0 amide bonds. The highest BCUT2D eigenvalue weighted by Crippen LogP contribution is 2.53. The zero-order chi connectivity index (χ0) is 14.9. The fraction of sp³-hybridized carbons (Fsp3) is 0.667. The highest BCUT2D eigenvalue weighted by Gasteiger charge is 2.44. The lowest BCUT2D eigenvalue weighted by Crippen LogP contribution is -2.36. The van der Waals surface area contributed by atoms with Crippen LogP contribution in [0.25, 0.3) is 0 Å². The molecule has 116 valence electrons. The van der Waals surface area contributed by atoms with E-state index in [1.807, 2.05) is 18.2 Å². The van der Waals surface area contributed by atoms with Crippen molar-refractivity contribution in [2.24, 2.45) is 5.41 Å². The summed E-state index contributed by atoms with van der Waals surface area (Å²) in [5.74, 6) is 1.50. The number of aliphatic hydroxyl groups is 1. The van der Waals surface area contributed by atoms with Crippen molar-refractivity contribution in [3.8, 4) is 11.5 Å². The summed E-state index contributed by atoms with van der Waals surface area (Å²) in [4.78, 5) is 0. The van der Waals surface area contributed by atoms with Crippen molar-refractivity contribution < 1.29 is 14.6 Å². The first-order valence-electron chi connectivity index (χ1n) is 8.05. The number of benzene rings is 1. The molecule has 1 aromatic rings. The molecule has 21 heavy (non-hydrogen) atoms. The van der Waals surface area contributed by atoms with Gasteiger partial charge in [-0.15, -0.1) is 0 Å². The van der Waals surface area contributed by atoms with E-state index in [4.69, 9.17) is 9.47 Å². The molecule has 3 nitrogen and oxygen atoms in total. The maximum atomic E-state index is 11.1. The smallest absolute Gasteiger partial charge is 0.122 e. The van der Waals surface area contributed by atoms with Gasteiger partial charge in [0.15, 0.2) is 0 Å². The molecule has 0 atom stereocenters. The molecule has 3 heteroatoms. The van der Waals surface area contributed by atoms with Crippen LogP contribution in [0.2, 0.25) is 0 Å². The minimum Gasteiger partial charge on any atom is -0.497 e. The molecule has 0 radical (unpaired) electrons. The topological polar surface area (TPSA) is 38.7 Å². The molecule has 0 saturated heterocycles. The molecule has 0 heterocycles. The van der Waals surface area contributed by atoms with Gasteiger partial charge in [-0.2, -0.15) is 0 Å². The molecule has 2 fully saturated rings. The van der Waals surface area contributed by atoms with Gasteiger partial charge in [0.05, 0.1) is 19.8 Å². The van der Waals surface area contributed by atoms with Crippen LogP contribution in [0.1, 0.15) is 56.9 Å². The van der Waals surface area contributed by atoms with E-state index < -0.39 is 5.60 Å². The Morgan fingerprint density at radius 2 is 1.33 bits per heavy atom. The summed E-state index contributed by atoms with van der Waals surface area (Å²) >= 11 is 0. The molecular formula is C18H26O3. The summed E-state index contributed by atoms with van der Waals surface area (Å²) in [7, 11) is 3.30. The highest BCUT2D eigenvalue weighted by atomic mass is 16.5. The fourth-order valence-electron chi connectivity index (χ4n) is 4.18. The molecule has 2 saturated carbocycles. The summed E-state index contributed by atoms with van der Waals surface area (Å²) in [6.07, 6.45) is 9.42. The minimum absolute atomic E-state index is 0.523. The Labute approximate surface area is 127 Å². The van der Waals surface area contributed by atoms with E-state index in [2.05, 4.69) is 0 Å². The molecule has 0 bridgehead atoms. The van der Waals surface area contributed by atoms with Crippen LogP contribution in [0.3, 0.4) is 0 Å². The van der Waals surface area contributed by atoms with Gasteiger partial charge in [0.1, 0.15) is 11.5 Å². The number of hydrogen-bond acceptors (Lipinski definition) is 3. The van der Waals surface area contributed by atoms with E-state index in [1.54, 1.807) is 14.2 Å². The van der Waals surface area contributed by atoms with Gasteiger partial charge in [-0.05, 0) is 61.6 Å². The SMILES string of the molecule is COc1cc(OC)cc(C2(O)CCC3(CCCC3)CC2)c1. The van der Waals surface area contributed by atoms with Crippen LogP contribution in [0.4, 0.5) is 0 Å². The van der Waals surface area contributed by atoms with Gasteiger partial charge >= 0.3 is 0 Å². The summed E-state index contributed by atoms with van der Waals surface area (Å²) < 4.78 is 10.7. The van der Waals surface area contributed by atoms with Crippen LogP contribution in [0, 0.1) is 5.41 Å². The fourth-order valence-corrected chi connectivity index (χ4v) is 4.18. The summed E-state index contributed by atoms with van der Waals surface area (Å²) in [5, 5.41) is 11.1. The molecule has 2 aliphatic carbocycles. The monoisotopic (exact) mass is 290 g/mol. The van der Waals surface area contributed by atoms with Crippen LogP contribution >= 0.6 is 0 Å². The van der Waals surface area contributed by atoms with Gasteiger partial charge < -0.3 is 14.6 Å². The Morgan fingerprint density at radius 1 is 0.810 bits per heavy atom. The predicted octanol–water partition coefficient (Wildman–Crippen LogP) is 4.03. The molecule has 1 N–H and O–H groups in total. The molecule has 0 unspecified atom stereocenters. The second-order valence-electron chi connectivity index (χ2n) is 6.84. The average Bonchev–Trinajstić information content (AvgIpc) is 2.99. The second-order valence-corrected chi connectivity index (χ2v) is 6.84. The Balaban J connectivity index is 1.83. The number of rotatable bonds is 3. The maximum Gasteiger partial charge on any atom is 0.122 e. The first-order valence-corrected chi connectivity index (χ1v) is 8.05. The van der Waals surface area contributed by atoms with E-state index in [0.29, 0.717) is 5.41 Å². The zero-order valence-electron chi connectivity index (χ0n) is 13.2. The van der Waals surface area contributed by atoms with Crippen molar-refractivity contribution in [1.82, 2.24) is 0 Å². The van der Waals surface area contributed by atoms with Crippen LogP contribution in [-0.2, 0) is 5.60 Å². The quantitative estimate of drug-likeness (QED) is 0.913. The van der Waals surface area contributed by atoms with Gasteiger partial charge in [-0.1, -0.05) is 12.8 Å². The van der Waals surface area contributed by atoms with Crippen molar-refractivity contribution in [3.05, 3.63) is 23.8 Å². The van der Waals surface area contributed by atoms with Gasteiger partial charge in [0.25, 0.3) is 0 Å². The van der Waals surface area contributed by atoms with Crippen molar-refractivity contribution in [2.45, 2.75) is 57.0 Å². The Kier molecular flexibility index (Phi) is 3.87. The van der Waals surface area contributed by atoms with Crippen LogP contribution in [0.5, 0.6) is 11.5 Å². The van der Waals surface area contributed by atoms with Gasteiger partial charge in [0.2, 0.25) is 0 Å². The lowest BCUT2D eigenvalue weighted by atomic mass is 9.66. The van der Waals surface area contributed by atoms with Crippen LogP contribution in [0.15, 0.2) is 18.2 Å². The first-order chi connectivity index (χ1) is 10.1. The molecule has 0 aliphatic heterocycles. The standard InChI is InChI=1S/C18H26O3/c1-20-15-11-14(12-16(13-15)21-2)18(19)9-7-17(8-10-18)5-3-4-6-17/h11-13,19H,3-10H2,1-2H3. The van der Waals surface area contributed by atoms with E-state index in [0.717, 1.165) is 42.7 Å². The summed E-state index contributed by atoms with van der Waals surface area (Å²) in [6, 6.07) is 5.76. The van der Waals surface area contributed by atoms with E-state index in [-0.39, 0.29) is 0 Å². The Bertz CT molecular complexity index is 471. The van der Waals surface area contributed by atoms with Crippen molar-refractivity contribution in [2.75, 3.05) is 14.2 Å². The Hall–Kier alpha value is -1.22.